The summed E-state index contributed by atoms with van der Waals surface area (Å²) >= 11 is 1.34. The number of carbonyl (C=O) groups is 2. The van der Waals surface area contributed by atoms with Crippen molar-refractivity contribution in [2.75, 3.05) is 11.9 Å². The Balaban J connectivity index is 1.58. The molecule has 1 aliphatic rings. The number of fused-ring (bicyclic) bond motifs is 1. The number of rotatable bonds is 10. The quantitative estimate of drug-likeness (QED) is 0.221. The van der Waals surface area contributed by atoms with Crippen LogP contribution in [0.25, 0.3) is 21.5 Å². The van der Waals surface area contributed by atoms with Crippen molar-refractivity contribution < 1.29 is 14.7 Å². The molecule has 0 spiro atoms. The highest BCUT2D eigenvalue weighted by Gasteiger charge is 2.26. The van der Waals surface area contributed by atoms with Crippen LogP contribution in [-0.4, -0.2) is 39.5 Å². The molecule has 37 heavy (non-hydrogen) atoms. The van der Waals surface area contributed by atoms with Crippen molar-refractivity contribution in [1.82, 2.24) is 20.6 Å². The van der Waals surface area contributed by atoms with E-state index in [0.717, 1.165) is 36.8 Å². The zero-order valence-electron chi connectivity index (χ0n) is 20.6. The Morgan fingerprint density at radius 2 is 1.95 bits per heavy atom. The van der Waals surface area contributed by atoms with Crippen molar-refractivity contribution in [1.29, 1.82) is 0 Å². The summed E-state index contributed by atoms with van der Waals surface area (Å²) < 4.78 is 0. The van der Waals surface area contributed by atoms with Gasteiger partial charge in [-0.2, -0.15) is 0 Å². The average Bonchev–Trinajstić information content (AvgIpc) is 3.59. The lowest BCUT2D eigenvalue weighted by Gasteiger charge is -2.16. The Hall–Kier alpha value is -3.82. The van der Waals surface area contributed by atoms with Gasteiger partial charge in [-0.25, -0.2) is 4.98 Å². The van der Waals surface area contributed by atoms with Crippen LogP contribution >= 0.6 is 11.3 Å². The summed E-state index contributed by atoms with van der Waals surface area (Å²) in [6, 6.07) is 13.6. The molecule has 5 rings (SSSR count). The second-order valence-corrected chi connectivity index (χ2v) is 9.98. The predicted molar refractivity (Wildman–Crippen MR) is 146 cm³/mol. The van der Waals surface area contributed by atoms with E-state index in [1.165, 1.54) is 11.3 Å². The lowest BCUT2D eigenvalue weighted by Crippen LogP contribution is -2.26. The second-order valence-electron chi connectivity index (χ2n) is 9.12. The third-order valence-corrected chi connectivity index (χ3v) is 7.12. The highest BCUT2D eigenvalue weighted by Crippen LogP contribution is 2.36. The molecule has 2 amide bonds. The van der Waals surface area contributed by atoms with Crippen LogP contribution in [-0.2, 0) is 6.61 Å². The van der Waals surface area contributed by atoms with Crippen LogP contribution in [0.1, 0.15) is 59.0 Å². The van der Waals surface area contributed by atoms with Crippen LogP contribution in [0.15, 0.2) is 54.0 Å². The molecule has 1 fully saturated rings. The molecule has 2 aromatic carbocycles. The number of anilines is 2. The smallest absolute Gasteiger partial charge is 0.270 e. The summed E-state index contributed by atoms with van der Waals surface area (Å²) in [5.41, 5.74) is 4.25. The van der Waals surface area contributed by atoms with Crippen molar-refractivity contribution in [3.8, 4) is 10.6 Å². The first-order valence-corrected chi connectivity index (χ1v) is 13.4. The number of aromatic nitrogens is 2. The molecule has 2 aromatic heterocycles. The summed E-state index contributed by atoms with van der Waals surface area (Å²) in [4.78, 5) is 34.8. The minimum Gasteiger partial charge on any atom is -0.392 e. The number of aliphatic hydroxyl groups excluding tert-OH is 1. The molecule has 8 nitrogen and oxygen atoms in total. The number of nitrogens with zero attached hydrogens (tertiary/aromatic N) is 2. The maximum absolute atomic E-state index is 13.1. The van der Waals surface area contributed by atoms with E-state index in [-0.39, 0.29) is 24.5 Å². The van der Waals surface area contributed by atoms with Crippen LogP contribution in [0.2, 0.25) is 0 Å². The van der Waals surface area contributed by atoms with E-state index < -0.39 is 0 Å². The van der Waals surface area contributed by atoms with E-state index in [9.17, 15) is 14.7 Å². The van der Waals surface area contributed by atoms with Crippen molar-refractivity contribution in [3.05, 3.63) is 70.9 Å². The van der Waals surface area contributed by atoms with Gasteiger partial charge in [0.2, 0.25) is 0 Å². The number of hydrogen-bond donors (Lipinski definition) is 4. The standard InChI is InChI=1S/C28H29N5O3S/c1-2-3-11-29-27(36)24-16-37-28(33-24)20-13-21-23(12-17(20)15-34)30-14-22(26(35)32-19-9-10-19)25(21)31-18-7-5-4-6-8-18/h4-8,12-14,16,19,34H,2-3,9-11,15H2,1H3,(H,29,36)(H,30,31)(H,32,35). The average molecular weight is 516 g/mol. The fourth-order valence-electron chi connectivity index (χ4n) is 4.05. The monoisotopic (exact) mass is 515 g/mol. The Kier molecular flexibility index (Phi) is 7.43. The highest BCUT2D eigenvalue weighted by molar-refractivity contribution is 7.13. The molecule has 0 unspecified atom stereocenters. The van der Waals surface area contributed by atoms with Crippen molar-refractivity contribution in [3.63, 3.8) is 0 Å². The Labute approximate surface area is 219 Å². The van der Waals surface area contributed by atoms with E-state index >= 15 is 0 Å². The first-order valence-electron chi connectivity index (χ1n) is 12.5. The molecule has 1 saturated carbocycles. The van der Waals surface area contributed by atoms with Gasteiger partial charge in [0.15, 0.2) is 0 Å². The van der Waals surface area contributed by atoms with E-state index in [2.05, 4.69) is 32.8 Å². The number of amides is 2. The van der Waals surface area contributed by atoms with Gasteiger partial charge in [-0.15, -0.1) is 11.3 Å². The minimum absolute atomic E-state index is 0.177. The van der Waals surface area contributed by atoms with E-state index in [1.807, 2.05) is 42.5 Å². The van der Waals surface area contributed by atoms with Crippen LogP contribution in [0.4, 0.5) is 11.4 Å². The van der Waals surface area contributed by atoms with Crippen molar-refractivity contribution in [2.24, 2.45) is 0 Å². The van der Waals surface area contributed by atoms with Gasteiger partial charge in [-0.1, -0.05) is 31.5 Å². The number of nitrogens with one attached hydrogen (secondary N) is 3. The van der Waals surface area contributed by atoms with Gasteiger partial charge in [-0.05, 0) is 49.1 Å². The Morgan fingerprint density at radius 3 is 2.68 bits per heavy atom. The van der Waals surface area contributed by atoms with Crippen LogP contribution in [0.5, 0.6) is 0 Å². The molecule has 0 radical (unpaired) electrons. The number of carbonyl (C=O) groups excluding carboxylic acids is 2. The molecule has 0 bridgehead atoms. The highest BCUT2D eigenvalue weighted by atomic mass is 32.1. The number of benzene rings is 2. The van der Waals surface area contributed by atoms with Crippen LogP contribution < -0.4 is 16.0 Å². The van der Waals surface area contributed by atoms with Gasteiger partial charge in [0.1, 0.15) is 10.7 Å². The number of thiazole rings is 1. The van der Waals surface area contributed by atoms with Gasteiger partial charge >= 0.3 is 0 Å². The number of aliphatic hydroxyl groups is 1. The molecule has 4 aromatic rings. The maximum Gasteiger partial charge on any atom is 0.270 e. The lowest BCUT2D eigenvalue weighted by molar-refractivity contribution is 0.0942. The number of pyridine rings is 1. The molecule has 4 N–H and O–H groups in total. The molecule has 9 heteroatoms. The SMILES string of the molecule is CCCCNC(=O)c1csc(-c2cc3c(Nc4ccccc4)c(C(=O)NC4CC4)cnc3cc2CO)n1. The first kappa shape index (κ1) is 24.9. The number of para-hydroxylation sites is 1. The fraction of sp³-hybridized carbons (Fsp3) is 0.286. The second kappa shape index (κ2) is 11.1. The summed E-state index contributed by atoms with van der Waals surface area (Å²) in [5.74, 6) is -0.391. The summed E-state index contributed by atoms with van der Waals surface area (Å²) in [6.07, 6.45) is 5.44. The molecule has 0 aliphatic heterocycles. The molecular formula is C28H29N5O3S. The summed E-state index contributed by atoms with van der Waals surface area (Å²) in [6.45, 7) is 2.46. The normalized spacial score (nSPS) is 12.9. The van der Waals surface area contributed by atoms with Crippen molar-refractivity contribution >= 4 is 45.4 Å². The Bertz CT molecular complexity index is 1430. The minimum atomic E-state index is -0.213. The molecule has 0 saturated heterocycles. The zero-order valence-corrected chi connectivity index (χ0v) is 21.4. The number of hydrogen-bond acceptors (Lipinski definition) is 7. The van der Waals surface area contributed by atoms with E-state index in [4.69, 9.17) is 0 Å². The van der Waals surface area contributed by atoms with Gasteiger partial charge in [-0.3, -0.25) is 14.6 Å². The summed E-state index contributed by atoms with van der Waals surface area (Å²) in [5, 5.41) is 22.6. The first-order chi connectivity index (χ1) is 18.1. The molecule has 0 atom stereocenters. The van der Waals surface area contributed by atoms with Gasteiger partial charge in [0.25, 0.3) is 11.8 Å². The molecule has 2 heterocycles. The largest absolute Gasteiger partial charge is 0.392 e. The maximum atomic E-state index is 13.1. The van der Waals surface area contributed by atoms with Crippen LogP contribution in [0, 0.1) is 0 Å². The summed E-state index contributed by atoms with van der Waals surface area (Å²) in [7, 11) is 0. The lowest BCUT2D eigenvalue weighted by atomic mass is 10.0. The fourth-order valence-corrected chi connectivity index (χ4v) is 4.90. The zero-order chi connectivity index (χ0) is 25.8. The Morgan fingerprint density at radius 1 is 1.14 bits per heavy atom. The third-order valence-electron chi connectivity index (χ3n) is 6.25. The number of unbranched alkanes of at least 4 members (excludes halogenated alkanes) is 1. The molecular weight excluding hydrogens is 486 g/mol. The van der Waals surface area contributed by atoms with Crippen LogP contribution in [0.3, 0.4) is 0 Å². The van der Waals surface area contributed by atoms with E-state index in [1.54, 1.807) is 11.6 Å². The van der Waals surface area contributed by atoms with Gasteiger partial charge in [0.05, 0.1) is 23.4 Å². The molecule has 190 valence electrons. The molecule has 1 aliphatic carbocycles. The third kappa shape index (κ3) is 5.63. The van der Waals surface area contributed by atoms with Gasteiger partial charge < -0.3 is 21.1 Å². The van der Waals surface area contributed by atoms with Crippen molar-refractivity contribution in [2.45, 2.75) is 45.3 Å². The van der Waals surface area contributed by atoms with Gasteiger partial charge in [0, 0.05) is 40.8 Å². The van der Waals surface area contributed by atoms with E-state index in [0.29, 0.717) is 45.1 Å². The topological polar surface area (TPSA) is 116 Å². The predicted octanol–water partition coefficient (Wildman–Crippen LogP) is 5.02.